The molecule has 0 bridgehead atoms. The van der Waals surface area contributed by atoms with E-state index in [1.54, 1.807) is 0 Å². The van der Waals surface area contributed by atoms with Gasteiger partial charge >= 0.3 is 0 Å². The molecule has 7 heteroatoms. The Balaban J connectivity index is 1.82. The van der Waals surface area contributed by atoms with E-state index in [1.165, 1.54) is 0 Å². The molecule has 25 heavy (non-hydrogen) atoms. The van der Waals surface area contributed by atoms with Crippen LogP contribution in [0.5, 0.6) is 5.75 Å². The molecular weight excluding hydrogens is 318 g/mol. The summed E-state index contributed by atoms with van der Waals surface area (Å²) < 4.78 is 10.9. The first-order valence-electron chi connectivity index (χ1n) is 8.52. The van der Waals surface area contributed by atoms with Gasteiger partial charge < -0.3 is 19.9 Å². The minimum atomic E-state index is -0.160. The molecular formula is C18H27N5O2. The maximum atomic E-state index is 5.65. The molecule has 0 saturated heterocycles. The number of aliphatic imine (C=N–C) groups is 1. The molecule has 0 aliphatic rings. The molecule has 0 atom stereocenters. The van der Waals surface area contributed by atoms with Crippen molar-refractivity contribution < 1.29 is 9.26 Å². The molecule has 0 radical (unpaired) electrons. The maximum absolute atomic E-state index is 5.65. The van der Waals surface area contributed by atoms with Crippen LogP contribution in [0.1, 0.15) is 39.4 Å². The number of para-hydroxylation sites is 1. The third kappa shape index (κ3) is 6.45. The second kappa shape index (κ2) is 9.05. The van der Waals surface area contributed by atoms with Crippen molar-refractivity contribution >= 4 is 5.96 Å². The van der Waals surface area contributed by atoms with E-state index in [2.05, 4.69) is 25.8 Å². The lowest BCUT2D eigenvalue weighted by atomic mass is 9.97. The van der Waals surface area contributed by atoms with E-state index < -0.39 is 0 Å². The van der Waals surface area contributed by atoms with E-state index in [1.807, 2.05) is 58.0 Å². The Hall–Kier alpha value is -2.57. The van der Waals surface area contributed by atoms with Gasteiger partial charge in [0.1, 0.15) is 18.9 Å². The molecule has 0 spiro atoms. The highest BCUT2D eigenvalue weighted by atomic mass is 16.5. The molecule has 2 rings (SSSR count). The Morgan fingerprint density at radius 1 is 1.20 bits per heavy atom. The fourth-order valence-corrected chi connectivity index (χ4v) is 1.97. The van der Waals surface area contributed by atoms with Crippen molar-refractivity contribution in [3.8, 4) is 5.75 Å². The van der Waals surface area contributed by atoms with Crippen LogP contribution in [-0.4, -0.2) is 35.8 Å². The van der Waals surface area contributed by atoms with E-state index in [0.29, 0.717) is 37.4 Å². The molecule has 1 heterocycles. The van der Waals surface area contributed by atoms with Gasteiger partial charge in [-0.2, -0.15) is 4.98 Å². The first kappa shape index (κ1) is 18.8. The lowest BCUT2D eigenvalue weighted by molar-refractivity contribution is 0.318. The summed E-state index contributed by atoms with van der Waals surface area (Å²) in [5, 5.41) is 10.4. The summed E-state index contributed by atoms with van der Waals surface area (Å²) in [4.78, 5) is 8.86. The van der Waals surface area contributed by atoms with Crippen molar-refractivity contribution in [1.29, 1.82) is 0 Å². The van der Waals surface area contributed by atoms with E-state index in [0.717, 1.165) is 12.3 Å². The van der Waals surface area contributed by atoms with Crippen LogP contribution in [-0.2, 0) is 12.0 Å². The Kier molecular flexibility index (Phi) is 6.80. The summed E-state index contributed by atoms with van der Waals surface area (Å²) >= 11 is 0. The Morgan fingerprint density at radius 2 is 1.96 bits per heavy atom. The van der Waals surface area contributed by atoms with E-state index in [9.17, 15) is 0 Å². The normalized spacial score (nSPS) is 12.1. The maximum Gasteiger partial charge on any atom is 0.232 e. The number of nitrogens with zero attached hydrogens (tertiary/aromatic N) is 3. The molecule has 0 saturated carbocycles. The van der Waals surface area contributed by atoms with Crippen LogP contribution in [0, 0.1) is 0 Å². The molecule has 0 amide bonds. The number of hydrogen-bond acceptors (Lipinski definition) is 5. The average molecular weight is 345 g/mol. The van der Waals surface area contributed by atoms with Crippen molar-refractivity contribution in [1.82, 2.24) is 20.8 Å². The van der Waals surface area contributed by atoms with Gasteiger partial charge in [0, 0.05) is 12.0 Å². The van der Waals surface area contributed by atoms with Gasteiger partial charge in [-0.25, -0.2) is 4.99 Å². The van der Waals surface area contributed by atoms with Crippen molar-refractivity contribution in [3.63, 3.8) is 0 Å². The standard InChI is InChI=1S/C18H27N5O2/c1-5-19-17(20-11-12-24-14-9-7-6-8-10-14)21-13-15-22-16(25-23-15)18(2,3)4/h6-10H,5,11-13H2,1-4H3,(H2,19,20,21). The van der Waals surface area contributed by atoms with Gasteiger partial charge in [0.15, 0.2) is 11.8 Å². The highest BCUT2D eigenvalue weighted by molar-refractivity contribution is 5.79. The summed E-state index contributed by atoms with van der Waals surface area (Å²) in [6.45, 7) is 10.4. The minimum absolute atomic E-state index is 0.160. The van der Waals surface area contributed by atoms with Crippen LogP contribution in [0.25, 0.3) is 0 Å². The predicted molar refractivity (Wildman–Crippen MR) is 97.8 cm³/mol. The minimum Gasteiger partial charge on any atom is -0.492 e. The molecule has 136 valence electrons. The molecule has 0 unspecified atom stereocenters. The third-order valence-corrected chi connectivity index (χ3v) is 3.24. The molecule has 2 N–H and O–H groups in total. The average Bonchev–Trinajstić information content (AvgIpc) is 3.07. The van der Waals surface area contributed by atoms with Crippen LogP contribution in [0.4, 0.5) is 0 Å². The van der Waals surface area contributed by atoms with Crippen LogP contribution in [0.2, 0.25) is 0 Å². The summed E-state index contributed by atoms with van der Waals surface area (Å²) in [6.07, 6.45) is 0. The summed E-state index contributed by atoms with van der Waals surface area (Å²) in [7, 11) is 0. The lowest BCUT2D eigenvalue weighted by Crippen LogP contribution is -2.39. The molecule has 1 aromatic heterocycles. The highest BCUT2D eigenvalue weighted by Crippen LogP contribution is 2.19. The smallest absolute Gasteiger partial charge is 0.232 e. The molecule has 0 fully saturated rings. The topological polar surface area (TPSA) is 84.6 Å². The third-order valence-electron chi connectivity index (χ3n) is 3.24. The monoisotopic (exact) mass is 345 g/mol. The number of hydrogen-bond donors (Lipinski definition) is 2. The largest absolute Gasteiger partial charge is 0.492 e. The zero-order chi connectivity index (χ0) is 18.1. The second-order valence-electron chi connectivity index (χ2n) is 6.55. The molecule has 0 aliphatic heterocycles. The highest BCUT2D eigenvalue weighted by Gasteiger charge is 2.21. The van der Waals surface area contributed by atoms with Crippen LogP contribution in [0.15, 0.2) is 39.8 Å². The predicted octanol–water partition coefficient (Wildman–Crippen LogP) is 2.50. The molecule has 2 aromatic rings. The number of aromatic nitrogens is 2. The van der Waals surface area contributed by atoms with Gasteiger partial charge in [-0.05, 0) is 19.1 Å². The van der Waals surface area contributed by atoms with Crippen LogP contribution >= 0.6 is 0 Å². The lowest BCUT2D eigenvalue weighted by Gasteiger charge is -2.11. The van der Waals surface area contributed by atoms with E-state index in [-0.39, 0.29) is 5.41 Å². The summed E-state index contributed by atoms with van der Waals surface area (Å²) in [5.41, 5.74) is -0.160. The first-order chi connectivity index (χ1) is 12.0. The molecule has 1 aromatic carbocycles. The fourth-order valence-electron chi connectivity index (χ4n) is 1.97. The van der Waals surface area contributed by atoms with Crippen molar-refractivity contribution in [3.05, 3.63) is 42.0 Å². The Bertz CT molecular complexity index is 662. The van der Waals surface area contributed by atoms with Crippen LogP contribution in [0.3, 0.4) is 0 Å². The van der Waals surface area contributed by atoms with Gasteiger partial charge in [-0.15, -0.1) is 0 Å². The second-order valence-corrected chi connectivity index (χ2v) is 6.55. The summed E-state index contributed by atoms with van der Waals surface area (Å²) in [5.74, 6) is 2.74. The molecule has 7 nitrogen and oxygen atoms in total. The number of ether oxygens (including phenoxy) is 1. The number of nitrogens with one attached hydrogen (secondary N) is 2. The Labute approximate surface area is 148 Å². The fraction of sp³-hybridized carbons (Fsp3) is 0.500. The van der Waals surface area contributed by atoms with E-state index in [4.69, 9.17) is 9.26 Å². The van der Waals surface area contributed by atoms with Crippen molar-refractivity contribution in [2.75, 3.05) is 19.7 Å². The zero-order valence-corrected chi connectivity index (χ0v) is 15.4. The summed E-state index contributed by atoms with van der Waals surface area (Å²) in [6, 6.07) is 9.73. The van der Waals surface area contributed by atoms with Gasteiger partial charge in [0.25, 0.3) is 0 Å². The van der Waals surface area contributed by atoms with Gasteiger partial charge in [-0.3, -0.25) is 0 Å². The first-order valence-corrected chi connectivity index (χ1v) is 8.52. The molecule has 0 aliphatic carbocycles. The Morgan fingerprint density at radius 3 is 2.60 bits per heavy atom. The quantitative estimate of drug-likeness (QED) is 0.456. The SMILES string of the molecule is CCNC(=NCc1noc(C(C)(C)C)n1)NCCOc1ccccc1. The van der Waals surface area contributed by atoms with Gasteiger partial charge in [-0.1, -0.05) is 44.1 Å². The van der Waals surface area contributed by atoms with Gasteiger partial charge in [0.05, 0.1) is 6.54 Å². The number of benzene rings is 1. The number of guanidine groups is 1. The van der Waals surface area contributed by atoms with Crippen LogP contribution < -0.4 is 15.4 Å². The van der Waals surface area contributed by atoms with Gasteiger partial charge in [0.2, 0.25) is 5.89 Å². The van der Waals surface area contributed by atoms with Crippen molar-refractivity contribution in [2.45, 2.75) is 39.7 Å². The van der Waals surface area contributed by atoms with E-state index >= 15 is 0 Å². The van der Waals surface area contributed by atoms with Crippen molar-refractivity contribution in [2.24, 2.45) is 4.99 Å². The zero-order valence-electron chi connectivity index (χ0n) is 15.4. The number of rotatable bonds is 7.